The Morgan fingerprint density at radius 1 is 1.48 bits per heavy atom. The molecule has 1 saturated heterocycles. The van der Waals surface area contributed by atoms with Crippen LogP contribution in [-0.4, -0.2) is 56.4 Å². The van der Waals surface area contributed by atoms with Gasteiger partial charge >= 0.3 is 5.95 Å². The molecule has 8 heteroatoms. The summed E-state index contributed by atoms with van der Waals surface area (Å²) in [7, 11) is 0. The van der Waals surface area contributed by atoms with Crippen LogP contribution in [0.15, 0.2) is 12.4 Å². The van der Waals surface area contributed by atoms with Gasteiger partial charge in [-0.15, -0.1) is 0 Å². The molecule has 1 aromatic rings. The molecule has 1 aliphatic heterocycles. The van der Waals surface area contributed by atoms with E-state index in [4.69, 9.17) is 0 Å². The number of rotatable bonds is 5. The Bertz CT molecular complexity index is 433. The molecule has 0 radical (unpaired) electrons. The highest BCUT2D eigenvalue weighted by molar-refractivity contribution is 5.06. The highest BCUT2D eigenvalue weighted by Gasteiger charge is 2.22. The molecule has 1 unspecified atom stereocenters. The SMILES string of the molecule is CC.O=[N+]([O-])c1nccn1CC(O)CN1CCC(F)CC1. The number of nitrogens with zero attached hydrogens (tertiary/aromatic N) is 4. The van der Waals surface area contributed by atoms with Crippen molar-refractivity contribution in [2.24, 2.45) is 0 Å². The molecule has 1 atom stereocenters. The van der Waals surface area contributed by atoms with Crippen molar-refractivity contribution in [1.29, 1.82) is 0 Å². The molecule has 1 aliphatic rings. The van der Waals surface area contributed by atoms with Crippen molar-refractivity contribution in [3.05, 3.63) is 22.5 Å². The lowest BCUT2D eigenvalue weighted by molar-refractivity contribution is -0.397. The lowest BCUT2D eigenvalue weighted by Crippen LogP contribution is -2.40. The molecule has 0 amide bonds. The second kappa shape index (κ2) is 8.68. The van der Waals surface area contributed by atoms with Crippen LogP contribution in [-0.2, 0) is 6.54 Å². The van der Waals surface area contributed by atoms with E-state index in [-0.39, 0.29) is 12.5 Å². The van der Waals surface area contributed by atoms with E-state index in [1.54, 1.807) is 0 Å². The number of aliphatic hydroxyl groups is 1. The van der Waals surface area contributed by atoms with Gasteiger partial charge in [-0.05, 0) is 17.8 Å². The van der Waals surface area contributed by atoms with E-state index in [1.807, 2.05) is 18.7 Å². The van der Waals surface area contributed by atoms with Crippen LogP contribution >= 0.6 is 0 Å². The van der Waals surface area contributed by atoms with Crippen molar-refractivity contribution < 1.29 is 14.4 Å². The fraction of sp³-hybridized carbons (Fsp3) is 0.769. The molecule has 21 heavy (non-hydrogen) atoms. The van der Waals surface area contributed by atoms with Gasteiger partial charge in [0.15, 0.2) is 0 Å². The predicted molar refractivity (Wildman–Crippen MR) is 76.8 cm³/mol. The standard InChI is InChI=1S/C11H17FN4O3.C2H6/c12-9-1-4-14(5-2-9)7-10(17)8-15-6-3-13-11(15)16(18)19;1-2/h3,6,9-10,17H,1-2,4-5,7-8H2;1-2H3. The second-order valence-corrected chi connectivity index (χ2v) is 4.77. The number of hydrogen-bond acceptors (Lipinski definition) is 5. The van der Waals surface area contributed by atoms with Gasteiger partial charge in [0.25, 0.3) is 0 Å². The van der Waals surface area contributed by atoms with E-state index in [0.29, 0.717) is 32.5 Å². The molecule has 1 N–H and O–H groups in total. The van der Waals surface area contributed by atoms with E-state index in [0.717, 1.165) is 0 Å². The molecule has 2 heterocycles. The van der Waals surface area contributed by atoms with E-state index in [1.165, 1.54) is 17.0 Å². The molecular formula is C13H23FN4O3. The average molecular weight is 302 g/mol. The molecule has 0 bridgehead atoms. The third-order valence-corrected chi connectivity index (χ3v) is 3.25. The first-order chi connectivity index (χ1) is 10.1. The Kier molecular flexibility index (Phi) is 7.24. The maximum Gasteiger partial charge on any atom is 0.434 e. The highest BCUT2D eigenvalue weighted by Crippen LogP contribution is 2.14. The largest absolute Gasteiger partial charge is 0.434 e. The first-order valence-corrected chi connectivity index (χ1v) is 7.26. The number of imidazole rings is 1. The van der Waals surface area contributed by atoms with E-state index in [9.17, 15) is 19.6 Å². The molecule has 2 rings (SSSR count). The quantitative estimate of drug-likeness (QED) is 0.660. The van der Waals surface area contributed by atoms with Crippen LogP contribution in [0.4, 0.5) is 10.3 Å². The zero-order chi connectivity index (χ0) is 15.8. The first kappa shape index (κ1) is 17.5. The van der Waals surface area contributed by atoms with Gasteiger partial charge in [-0.2, -0.15) is 0 Å². The number of hydrogen-bond donors (Lipinski definition) is 1. The Labute approximate surface area is 123 Å². The van der Waals surface area contributed by atoms with Gasteiger partial charge in [0, 0.05) is 19.6 Å². The zero-order valence-corrected chi connectivity index (χ0v) is 12.5. The van der Waals surface area contributed by atoms with Gasteiger partial charge in [0.1, 0.15) is 18.6 Å². The van der Waals surface area contributed by atoms with Crippen molar-refractivity contribution in [1.82, 2.24) is 14.5 Å². The summed E-state index contributed by atoms with van der Waals surface area (Å²) in [5, 5.41) is 20.6. The van der Waals surface area contributed by atoms with Gasteiger partial charge < -0.3 is 20.1 Å². The summed E-state index contributed by atoms with van der Waals surface area (Å²) in [4.78, 5) is 15.7. The number of aliphatic hydroxyl groups excluding tert-OH is 1. The molecule has 0 spiro atoms. The fourth-order valence-corrected chi connectivity index (χ4v) is 2.28. The summed E-state index contributed by atoms with van der Waals surface area (Å²) in [5.41, 5.74) is 0. The van der Waals surface area contributed by atoms with Gasteiger partial charge in [0.05, 0.1) is 12.6 Å². The van der Waals surface area contributed by atoms with Crippen molar-refractivity contribution in [3.63, 3.8) is 0 Å². The minimum Gasteiger partial charge on any atom is -0.390 e. The van der Waals surface area contributed by atoms with E-state index >= 15 is 0 Å². The third-order valence-electron chi connectivity index (χ3n) is 3.25. The smallest absolute Gasteiger partial charge is 0.390 e. The fourth-order valence-electron chi connectivity index (χ4n) is 2.28. The molecule has 0 saturated carbocycles. The Morgan fingerprint density at radius 3 is 2.67 bits per heavy atom. The number of nitro groups is 1. The number of alkyl halides is 1. The summed E-state index contributed by atoms with van der Waals surface area (Å²) in [6.45, 7) is 5.74. The second-order valence-electron chi connectivity index (χ2n) is 4.77. The zero-order valence-electron chi connectivity index (χ0n) is 12.5. The number of likely N-dealkylation sites (tertiary alicyclic amines) is 1. The van der Waals surface area contributed by atoms with Crippen LogP contribution in [0.3, 0.4) is 0 Å². The average Bonchev–Trinajstić information content (AvgIpc) is 2.92. The van der Waals surface area contributed by atoms with Crippen LogP contribution in [0.2, 0.25) is 0 Å². The number of halogens is 1. The molecular weight excluding hydrogens is 279 g/mol. The molecule has 0 aliphatic carbocycles. The van der Waals surface area contributed by atoms with Crippen molar-refractivity contribution in [3.8, 4) is 0 Å². The third kappa shape index (κ3) is 5.39. The lowest BCUT2D eigenvalue weighted by Gasteiger charge is -2.29. The molecule has 7 nitrogen and oxygen atoms in total. The van der Waals surface area contributed by atoms with Crippen LogP contribution in [0.5, 0.6) is 0 Å². The minimum atomic E-state index is -0.747. The Hall–Kier alpha value is -1.54. The summed E-state index contributed by atoms with van der Waals surface area (Å²) in [6.07, 6.45) is 2.29. The highest BCUT2D eigenvalue weighted by atomic mass is 19.1. The molecule has 120 valence electrons. The van der Waals surface area contributed by atoms with Gasteiger partial charge in [0.2, 0.25) is 0 Å². The maximum atomic E-state index is 13.0. The molecule has 1 fully saturated rings. The first-order valence-electron chi connectivity index (χ1n) is 7.26. The predicted octanol–water partition coefficient (Wildman–Crippen LogP) is 1.61. The Morgan fingerprint density at radius 2 is 2.10 bits per heavy atom. The summed E-state index contributed by atoms with van der Waals surface area (Å²) < 4.78 is 14.3. The summed E-state index contributed by atoms with van der Waals surface area (Å²) >= 11 is 0. The van der Waals surface area contributed by atoms with Crippen LogP contribution in [0.25, 0.3) is 0 Å². The van der Waals surface area contributed by atoms with Crippen LogP contribution < -0.4 is 0 Å². The van der Waals surface area contributed by atoms with E-state index in [2.05, 4.69) is 4.98 Å². The van der Waals surface area contributed by atoms with Gasteiger partial charge in [-0.25, -0.2) is 8.96 Å². The van der Waals surface area contributed by atoms with Crippen molar-refractivity contribution >= 4 is 5.95 Å². The number of piperidine rings is 1. The number of β-amino-alcohol motifs (C(OH)–C–C–N with tert-alkyl or cyclic N) is 1. The Balaban J connectivity index is 0.00000106. The summed E-state index contributed by atoms with van der Waals surface area (Å²) in [5.74, 6) is -0.276. The minimum absolute atomic E-state index is 0.117. The topological polar surface area (TPSA) is 84.4 Å². The van der Waals surface area contributed by atoms with Gasteiger partial charge in [-0.1, -0.05) is 18.8 Å². The van der Waals surface area contributed by atoms with Crippen molar-refractivity contribution in [2.75, 3.05) is 19.6 Å². The van der Waals surface area contributed by atoms with Crippen molar-refractivity contribution in [2.45, 2.75) is 45.5 Å². The lowest BCUT2D eigenvalue weighted by atomic mass is 10.1. The normalized spacial score (nSPS) is 17.9. The van der Waals surface area contributed by atoms with Crippen LogP contribution in [0.1, 0.15) is 26.7 Å². The number of aromatic nitrogens is 2. The summed E-state index contributed by atoms with van der Waals surface area (Å²) in [6, 6.07) is 0. The van der Waals surface area contributed by atoms with E-state index < -0.39 is 17.2 Å². The van der Waals surface area contributed by atoms with Crippen LogP contribution in [0, 0.1) is 10.1 Å². The monoisotopic (exact) mass is 302 g/mol. The molecule has 1 aromatic heterocycles. The molecule has 0 aromatic carbocycles. The maximum absolute atomic E-state index is 13.0. The van der Waals surface area contributed by atoms with Gasteiger partial charge in [-0.3, -0.25) is 0 Å².